The molecule has 0 saturated carbocycles. The zero-order valence-corrected chi connectivity index (χ0v) is 16.5. The predicted octanol–water partition coefficient (Wildman–Crippen LogP) is 6.78. The van der Waals surface area contributed by atoms with Gasteiger partial charge in [-0.2, -0.15) is 0 Å². The molecule has 0 N–H and O–H groups in total. The van der Waals surface area contributed by atoms with E-state index < -0.39 is 0 Å². The fraction of sp³-hybridized carbons (Fsp3) is 0.696. The molecule has 0 radical (unpaired) electrons. The molecule has 1 rings (SSSR count). The van der Waals surface area contributed by atoms with Gasteiger partial charge in [0.2, 0.25) is 0 Å². The van der Waals surface area contributed by atoms with Gasteiger partial charge in [0.05, 0.1) is 7.11 Å². The first-order valence-electron chi connectivity index (χ1n) is 10.4. The van der Waals surface area contributed by atoms with E-state index in [1.807, 2.05) is 0 Å². The molecule has 1 aromatic carbocycles. The van der Waals surface area contributed by atoms with Crippen molar-refractivity contribution in [3.05, 3.63) is 35.4 Å². The maximum Gasteiger partial charge on any atom is 0.305 e. The van der Waals surface area contributed by atoms with Gasteiger partial charge in [0.25, 0.3) is 0 Å². The Morgan fingerprint density at radius 1 is 0.760 bits per heavy atom. The van der Waals surface area contributed by atoms with Gasteiger partial charge in [-0.1, -0.05) is 88.5 Å². The molecule has 0 bridgehead atoms. The summed E-state index contributed by atoms with van der Waals surface area (Å²) in [5, 5.41) is 0. The maximum atomic E-state index is 11.0. The third-order valence-corrected chi connectivity index (χ3v) is 5.07. The Hall–Kier alpha value is -1.31. The van der Waals surface area contributed by atoms with Crippen LogP contribution in [0.4, 0.5) is 0 Å². The zero-order chi connectivity index (χ0) is 18.2. The number of carbonyl (C=O) groups excluding carboxylic acids is 1. The van der Waals surface area contributed by atoms with Gasteiger partial charge in [0.15, 0.2) is 0 Å². The van der Waals surface area contributed by atoms with E-state index in [2.05, 4.69) is 35.9 Å². The van der Waals surface area contributed by atoms with Crippen molar-refractivity contribution in [1.29, 1.82) is 0 Å². The van der Waals surface area contributed by atoms with Crippen LogP contribution >= 0.6 is 0 Å². The number of unbranched alkanes of at least 4 members (excludes halogenated alkanes) is 11. The van der Waals surface area contributed by atoms with Crippen LogP contribution in [0.1, 0.15) is 94.6 Å². The van der Waals surface area contributed by atoms with E-state index in [0.717, 1.165) is 12.8 Å². The second-order valence-corrected chi connectivity index (χ2v) is 7.25. The van der Waals surface area contributed by atoms with Crippen LogP contribution < -0.4 is 0 Å². The second-order valence-electron chi connectivity index (χ2n) is 7.25. The van der Waals surface area contributed by atoms with Crippen LogP contribution in [0.5, 0.6) is 0 Å². The minimum atomic E-state index is -0.0705. The van der Waals surface area contributed by atoms with Crippen LogP contribution in [-0.4, -0.2) is 13.1 Å². The topological polar surface area (TPSA) is 26.3 Å². The van der Waals surface area contributed by atoms with Gasteiger partial charge in [0.1, 0.15) is 0 Å². The number of hydrogen-bond donors (Lipinski definition) is 0. The highest BCUT2D eigenvalue weighted by atomic mass is 16.5. The number of ether oxygens (including phenoxy) is 1. The maximum absolute atomic E-state index is 11.0. The molecule has 0 aromatic heterocycles. The molecule has 0 heterocycles. The Bertz CT molecular complexity index is 453. The molecule has 0 aliphatic rings. The van der Waals surface area contributed by atoms with E-state index in [-0.39, 0.29) is 5.97 Å². The van der Waals surface area contributed by atoms with Crippen molar-refractivity contribution in [1.82, 2.24) is 0 Å². The van der Waals surface area contributed by atoms with Crippen molar-refractivity contribution < 1.29 is 9.53 Å². The normalized spacial score (nSPS) is 10.8. The summed E-state index contributed by atoms with van der Waals surface area (Å²) in [4.78, 5) is 11.0. The summed E-state index contributed by atoms with van der Waals surface area (Å²) < 4.78 is 4.65. The van der Waals surface area contributed by atoms with Crippen LogP contribution in [-0.2, 0) is 16.0 Å². The smallest absolute Gasteiger partial charge is 0.305 e. The van der Waals surface area contributed by atoms with Gasteiger partial charge >= 0.3 is 5.97 Å². The van der Waals surface area contributed by atoms with Gasteiger partial charge in [-0.3, -0.25) is 4.79 Å². The lowest BCUT2D eigenvalue weighted by atomic mass is 10.0. The number of esters is 1. The Kier molecular flexibility index (Phi) is 13.0. The standard InChI is InChI=1S/C23H38O2/c1-21-17-15-16-19-22(21)18-13-11-9-7-5-3-4-6-8-10-12-14-20-23(24)25-2/h15-17,19H,3-14,18,20H2,1-2H3. The third kappa shape index (κ3) is 11.8. The predicted molar refractivity (Wildman–Crippen MR) is 107 cm³/mol. The number of aryl methyl sites for hydroxylation is 2. The zero-order valence-electron chi connectivity index (χ0n) is 16.5. The van der Waals surface area contributed by atoms with Gasteiger partial charge in [-0.05, 0) is 37.3 Å². The largest absolute Gasteiger partial charge is 0.469 e. The molecule has 0 amide bonds. The van der Waals surface area contributed by atoms with Crippen molar-refractivity contribution in [2.45, 2.75) is 96.8 Å². The van der Waals surface area contributed by atoms with E-state index in [1.54, 1.807) is 0 Å². The first kappa shape index (κ1) is 21.7. The Labute approximate surface area is 155 Å². The van der Waals surface area contributed by atoms with Crippen molar-refractivity contribution >= 4 is 5.97 Å². The molecule has 0 fully saturated rings. The average Bonchev–Trinajstić information content (AvgIpc) is 2.63. The Balaban J connectivity index is 1.79. The van der Waals surface area contributed by atoms with Crippen LogP contribution in [0.25, 0.3) is 0 Å². The number of rotatable bonds is 15. The van der Waals surface area contributed by atoms with Crippen molar-refractivity contribution in [2.75, 3.05) is 7.11 Å². The molecule has 2 heteroatoms. The lowest BCUT2D eigenvalue weighted by Gasteiger charge is -2.05. The minimum absolute atomic E-state index is 0.0705. The molecule has 25 heavy (non-hydrogen) atoms. The first-order valence-corrected chi connectivity index (χ1v) is 10.4. The fourth-order valence-electron chi connectivity index (χ4n) is 3.35. The minimum Gasteiger partial charge on any atom is -0.469 e. The molecule has 0 spiro atoms. The highest BCUT2D eigenvalue weighted by molar-refractivity contribution is 5.68. The molecular weight excluding hydrogens is 308 g/mol. The number of hydrogen-bond acceptors (Lipinski definition) is 2. The Morgan fingerprint density at radius 2 is 1.24 bits per heavy atom. The summed E-state index contributed by atoms with van der Waals surface area (Å²) in [5.41, 5.74) is 2.96. The number of benzene rings is 1. The SMILES string of the molecule is COC(=O)CCCCCCCCCCCCCCc1ccccc1C. The van der Waals surface area contributed by atoms with Crippen LogP contribution in [0.2, 0.25) is 0 Å². The fourth-order valence-corrected chi connectivity index (χ4v) is 3.35. The number of carbonyl (C=O) groups is 1. The number of methoxy groups -OCH3 is 1. The monoisotopic (exact) mass is 346 g/mol. The van der Waals surface area contributed by atoms with Gasteiger partial charge < -0.3 is 4.74 Å². The molecular formula is C23H38O2. The second kappa shape index (κ2) is 15.0. The quantitative estimate of drug-likeness (QED) is 0.258. The molecule has 0 aliphatic carbocycles. The van der Waals surface area contributed by atoms with Gasteiger partial charge in [0, 0.05) is 6.42 Å². The van der Waals surface area contributed by atoms with Crippen molar-refractivity contribution in [3.8, 4) is 0 Å². The van der Waals surface area contributed by atoms with E-state index in [0.29, 0.717) is 6.42 Å². The van der Waals surface area contributed by atoms with Gasteiger partial charge in [-0.15, -0.1) is 0 Å². The van der Waals surface area contributed by atoms with E-state index in [1.165, 1.54) is 88.9 Å². The van der Waals surface area contributed by atoms with E-state index in [9.17, 15) is 4.79 Å². The van der Waals surface area contributed by atoms with Crippen LogP contribution in [0.15, 0.2) is 24.3 Å². The summed E-state index contributed by atoms with van der Waals surface area (Å²) in [5.74, 6) is -0.0705. The summed E-state index contributed by atoms with van der Waals surface area (Å²) >= 11 is 0. The highest BCUT2D eigenvalue weighted by Crippen LogP contribution is 2.15. The molecule has 1 aromatic rings. The average molecular weight is 347 g/mol. The van der Waals surface area contributed by atoms with E-state index >= 15 is 0 Å². The highest BCUT2D eigenvalue weighted by Gasteiger charge is 1.99. The van der Waals surface area contributed by atoms with Crippen molar-refractivity contribution in [3.63, 3.8) is 0 Å². The molecule has 0 unspecified atom stereocenters. The summed E-state index contributed by atoms with van der Waals surface area (Å²) in [6.45, 7) is 2.22. The molecule has 2 nitrogen and oxygen atoms in total. The summed E-state index contributed by atoms with van der Waals surface area (Å²) in [6.07, 6.45) is 17.5. The lowest BCUT2D eigenvalue weighted by Crippen LogP contribution is -1.99. The lowest BCUT2D eigenvalue weighted by molar-refractivity contribution is -0.140. The summed E-state index contributed by atoms with van der Waals surface area (Å²) in [7, 11) is 1.46. The van der Waals surface area contributed by atoms with E-state index in [4.69, 9.17) is 0 Å². The van der Waals surface area contributed by atoms with Gasteiger partial charge in [-0.25, -0.2) is 0 Å². The van der Waals surface area contributed by atoms with Crippen LogP contribution in [0.3, 0.4) is 0 Å². The first-order chi connectivity index (χ1) is 12.2. The summed E-state index contributed by atoms with van der Waals surface area (Å²) in [6, 6.07) is 8.77. The molecule has 0 atom stereocenters. The molecule has 0 aliphatic heterocycles. The van der Waals surface area contributed by atoms with Crippen molar-refractivity contribution in [2.24, 2.45) is 0 Å². The van der Waals surface area contributed by atoms with Crippen LogP contribution in [0, 0.1) is 6.92 Å². The molecule has 142 valence electrons. The Morgan fingerprint density at radius 3 is 1.76 bits per heavy atom. The third-order valence-electron chi connectivity index (χ3n) is 5.07. The molecule has 0 saturated heterocycles.